The number of phenolic OH excluding ortho intramolecular Hbond substituents is 1. The number of hydrogen-bond acceptors (Lipinski definition) is 4. The minimum Gasteiger partial charge on any atom is -0.507 e. The van der Waals surface area contributed by atoms with Gasteiger partial charge in [0.25, 0.3) is 0 Å². The maximum Gasteiger partial charge on any atom is 0.340 e. The lowest BCUT2D eigenvalue weighted by molar-refractivity contribution is 0.0527. The number of allylic oxidation sites excluding steroid dienone is 1. The summed E-state index contributed by atoms with van der Waals surface area (Å²) in [5.41, 5.74) is 1.78. The number of ether oxygens (including phenoxy) is 1. The van der Waals surface area contributed by atoms with Crippen molar-refractivity contribution < 1.29 is 19.4 Å². The van der Waals surface area contributed by atoms with Crippen LogP contribution >= 0.6 is 0 Å². The zero-order chi connectivity index (χ0) is 15.6. The molecule has 1 aromatic heterocycles. The lowest BCUT2D eigenvalue weighted by Gasteiger charge is -2.05. The minimum atomic E-state index is -0.503. The monoisotopic (exact) mass is 287 g/mol. The van der Waals surface area contributed by atoms with Crippen molar-refractivity contribution in [2.45, 2.75) is 20.4 Å². The van der Waals surface area contributed by atoms with Crippen LogP contribution < -0.4 is 0 Å². The van der Waals surface area contributed by atoms with Gasteiger partial charge >= 0.3 is 5.97 Å². The number of benzene rings is 1. The maximum atomic E-state index is 12.2. The summed E-state index contributed by atoms with van der Waals surface area (Å²) < 4.78 is 6.93. The van der Waals surface area contributed by atoms with Crippen molar-refractivity contribution in [2.75, 3.05) is 6.61 Å². The fourth-order valence-electron chi connectivity index (χ4n) is 2.52. The molecule has 1 N–H and O–H groups in total. The molecule has 110 valence electrons. The minimum absolute atomic E-state index is 0.0986. The molecule has 0 aliphatic carbocycles. The van der Waals surface area contributed by atoms with Gasteiger partial charge in [-0.25, -0.2) is 4.79 Å². The lowest BCUT2D eigenvalue weighted by atomic mass is 10.0. The molecule has 0 amide bonds. The van der Waals surface area contributed by atoms with E-state index in [4.69, 9.17) is 4.74 Å². The van der Waals surface area contributed by atoms with E-state index in [0.29, 0.717) is 35.0 Å². The number of aromatic nitrogens is 1. The molecule has 0 spiro atoms. The van der Waals surface area contributed by atoms with Crippen molar-refractivity contribution in [3.05, 3.63) is 41.6 Å². The summed E-state index contributed by atoms with van der Waals surface area (Å²) in [7, 11) is 0. The van der Waals surface area contributed by atoms with Crippen LogP contribution in [0.15, 0.2) is 24.8 Å². The van der Waals surface area contributed by atoms with Crippen LogP contribution in [0.5, 0.6) is 5.75 Å². The van der Waals surface area contributed by atoms with Gasteiger partial charge in [-0.1, -0.05) is 6.08 Å². The second-order valence-corrected chi connectivity index (χ2v) is 4.59. The highest BCUT2D eigenvalue weighted by Crippen LogP contribution is 2.33. The normalized spacial score (nSPS) is 10.6. The van der Waals surface area contributed by atoms with E-state index < -0.39 is 5.97 Å². The number of rotatable bonds is 5. The quantitative estimate of drug-likeness (QED) is 0.521. The Morgan fingerprint density at radius 1 is 1.48 bits per heavy atom. The van der Waals surface area contributed by atoms with Crippen molar-refractivity contribution in [3.8, 4) is 5.75 Å². The van der Waals surface area contributed by atoms with Gasteiger partial charge in [-0.2, -0.15) is 0 Å². The van der Waals surface area contributed by atoms with Crippen LogP contribution in [0.2, 0.25) is 0 Å². The van der Waals surface area contributed by atoms with Crippen LogP contribution in [0.4, 0.5) is 0 Å². The van der Waals surface area contributed by atoms with Gasteiger partial charge in [-0.15, -0.1) is 6.58 Å². The van der Waals surface area contributed by atoms with Gasteiger partial charge in [0.15, 0.2) is 6.29 Å². The van der Waals surface area contributed by atoms with Crippen molar-refractivity contribution in [2.24, 2.45) is 0 Å². The molecule has 0 fully saturated rings. The predicted octanol–water partition coefficient (Wildman–Crippen LogP) is 2.83. The SMILES string of the molecule is C=CCn1c(C)c(C(=O)OCC)c2c(C=O)c(O)ccc21. The van der Waals surface area contributed by atoms with Crippen LogP contribution in [0.1, 0.15) is 33.3 Å². The zero-order valence-electron chi connectivity index (χ0n) is 12.0. The van der Waals surface area contributed by atoms with Gasteiger partial charge in [0.1, 0.15) is 5.75 Å². The second kappa shape index (κ2) is 5.83. The Morgan fingerprint density at radius 2 is 2.19 bits per heavy atom. The first-order chi connectivity index (χ1) is 10.1. The van der Waals surface area contributed by atoms with Gasteiger partial charge in [0.05, 0.1) is 23.3 Å². The number of carbonyl (C=O) groups excluding carboxylic acids is 2. The molecule has 2 aromatic rings. The third-order valence-electron chi connectivity index (χ3n) is 3.42. The molecular weight excluding hydrogens is 270 g/mol. The van der Waals surface area contributed by atoms with Crippen LogP contribution in [0.3, 0.4) is 0 Å². The topological polar surface area (TPSA) is 68.5 Å². The first-order valence-electron chi connectivity index (χ1n) is 6.64. The Balaban J connectivity index is 2.90. The van der Waals surface area contributed by atoms with E-state index in [1.54, 1.807) is 26.0 Å². The average molecular weight is 287 g/mol. The number of nitrogens with zero attached hydrogens (tertiary/aromatic N) is 1. The third-order valence-corrected chi connectivity index (χ3v) is 3.42. The fourth-order valence-corrected chi connectivity index (χ4v) is 2.52. The van der Waals surface area contributed by atoms with Gasteiger partial charge in [0.2, 0.25) is 0 Å². The molecule has 0 aliphatic rings. The Labute approximate surface area is 122 Å². The predicted molar refractivity (Wildman–Crippen MR) is 79.9 cm³/mol. The molecule has 0 aliphatic heterocycles. The Morgan fingerprint density at radius 3 is 2.76 bits per heavy atom. The molecule has 5 heteroatoms. The second-order valence-electron chi connectivity index (χ2n) is 4.59. The van der Waals surface area contributed by atoms with Crippen molar-refractivity contribution >= 4 is 23.2 Å². The summed E-state index contributed by atoms with van der Waals surface area (Å²) >= 11 is 0. The number of phenols is 1. The summed E-state index contributed by atoms with van der Waals surface area (Å²) in [5.74, 6) is -0.657. The first-order valence-corrected chi connectivity index (χ1v) is 6.64. The van der Waals surface area contributed by atoms with E-state index in [1.165, 1.54) is 6.07 Å². The molecule has 21 heavy (non-hydrogen) atoms. The highest BCUT2D eigenvalue weighted by molar-refractivity contribution is 6.12. The summed E-state index contributed by atoms with van der Waals surface area (Å²) in [6.45, 7) is 7.92. The van der Waals surface area contributed by atoms with Crippen LogP contribution in [0, 0.1) is 6.92 Å². The fraction of sp³-hybridized carbons (Fsp3) is 0.250. The van der Waals surface area contributed by atoms with Gasteiger partial charge < -0.3 is 14.4 Å². The number of aldehydes is 1. The van der Waals surface area contributed by atoms with Crippen LogP contribution in [-0.2, 0) is 11.3 Å². The summed E-state index contributed by atoms with van der Waals surface area (Å²) in [6, 6.07) is 3.12. The van der Waals surface area contributed by atoms with Gasteiger partial charge in [-0.3, -0.25) is 4.79 Å². The van der Waals surface area contributed by atoms with Crippen molar-refractivity contribution in [3.63, 3.8) is 0 Å². The van der Waals surface area contributed by atoms with E-state index >= 15 is 0 Å². The van der Waals surface area contributed by atoms with E-state index in [1.807, 2.05) is 4.57 Å². The number of carbonyl (C=O) groups is 2. The smallest absolute Gasteiger partial charge is 0.340 e. The third kappa shape index (κ3) is 2.31. The maximum absolute atomic E-state index is 12.2. The highest BCUT2D eigenvalue weighted by atomic mass is 16.5. The standard InChI is InChI=1S/C16H17NO4/c1-4-8-17-10(3)14(16(20)21-5-2)15-11(9-18)13(19)7-6-12(15)17/h4,6-7,9,19H,1,5,8H2,2-3H3. The molecule has 5 nitrogen and oxygen atoms in total. The average Bonchev–Trinajstić information content (AvgIpc) is 2.72. The largest absolute Gasteiger partial charge is 0.507 e. The van der Waals surface area contributed by atoms with Gasteiger partial charge in [0, 0.05) is 17.6 Å². The molecule has 0 saturated carbocycles. The molecular formula is C16H17NO4. The molecule has 0 bridgehead atoms. The van der Waals surface area contributed by atoms with Gasteiger partial charge in [-0.05, 0) is 26.0 Å². The molecule has 1 heterocycles. The van der Waals surface area contributed by atoms with E-state index in [2.05, 4.69) is 6.58 Å². The number of aromatic hydroxyl groups is 1. The van der Waals surface area contributed by atoms with Crippen molar-refractivity contribution in [1.82, 2.24) is 4.57 Å². The lowest BCUT2D eigenvalue weighted by Crippen LogP contribution is -2.07. The molecule has 0 unspecified atom stereocenters. The number of esters is 1. The summed E-state index contributed by atoms with van der Waals surface area (Å²) in [4.78, 5) is 23.5. The Bertz CT molecular complexity index is 728. The number of fused-ring (bicyclic) bond motifs is 1. The molecule has 0 saturated heterocycles. The zero-order valence-corrected chi connectivity index (χ0v) is 12.0. The number of hydrogen-bond donors (Lipinski definition) is 1. The van der Waals surface area contributed by atoms with Crippen LogP contribution in [-0.4, -0.2) is 28.5 Å². The summed E-state index contributed by atoms with van der Waals surface area (Å²) in [6.07, 6.45) is 2.26. The Kier molecular flexibility index (Phi) is 4.12. The molecule has 0 atom stereocenters. The summed E-state index contributed by atoms with van der Waals surface area (Å²) in [5, 5.41) is 10.3. The first kappa shape index (κ1) is 14.8. The highest BCUT2D eigenvalue weighted by Gasteiger charge is 2.24. The molecule has 2 rings (SSSR count). The van der Waals surface area contributed by atoms with Crippen LogP contribution in [0.25, 0.3) is 10.9 Å². The van der Waals surface area contributed by atoms with Crippen molar-refractivity contribution in [1.29, 1.82) is 0 Å². The molecule has 0 radical (unpaired) electrons. The van der Waals surface area contributed by atoms with E-state index in [0.717, 1.165) is 0 Å². The Hall–Kier alpha value is -2.56. The van der Waals surface area contributed by atoms with E-state index in [-0.39, 0.29) is 17.9 Å². The molecule has 1 aromatic carbocycles. The van der Waals surface area contributed by atoms with E-state index in [9.17, 15) is 14.7 Å².